The van der Waals surface area contributed by atoms with Crippen LogP contribution in [0.25, 0.3) is 0 Å². The predicted octanol–water partition coefficient (Wildman–Crippen LogP) is 3.32. The third kappa shape index (κ3) is 6.29. The van der Waals surface area contributed by atoms with Crippen molar-refractivity contribution in [2.24, 2.45) is 17.3 Å². The third-order valence-electron chi connectivity index (χ3n) is 12.0. The molecule has 4 fully saturated rings. The summed E-state index contributed by atoms with van der Waals surface area (Å²) in [6.45, 7) is 6.49. The molecular weight excluding hydrogens is 660 g/mol. The highest BCUT2D eigenvalue weighted by atomic mass is 19.3. The van der Waals surface area contributed by atoms with E-state index < -0.39 is 35.1 Å². The number of nitrogens with one attached hydrogen (secondary N) is 4. The van der Waals surface area contributed by atoms with Gasteiger partial charge in [0.25, 0.3) is 17.7 Å². The summed E-state index contributed by atoms with van der Waals surface area (Å²) in [6, 6.07) is 7.00. The molecule has 1 saturated carbocycles. The van der Waals surface area contributed by atoms with Gasteiger partial charge in [-0.1, -0.05) is 6.92 Å². The minimum atomic E-state index is -2.71. The quantitative estimate of drug-likeness (QED) is 0.261. The van der Waals surface area contributed by atoms with Crippen molar-refractivity contribution < 1.29 is 28.0 Å². The highest BCUT2D eigenvalue weighted by molar-refractivity contribution is 6.04. The molecule has 2 aromatic heterocycles. The molecule has 0 radical (unpaired) electrons. The smallest absolute Gasteiger partial charge is 0.276 e. The van der Waals surface area contributed by atoms with Gasteiger partial charge in [-0.05, 0) is 68.7 Å². The molecule has 3 aromatic rings. The van der Waals surface area contributed by atoms with Gasteiger partial charge in [0.2, 0.25) is 11.8 Å². The number of likely N-dealkylation sites (tertiary alicyclic amines) is 1. The van der Waals surface area contributed by atoms with E-state index >= 15 is 0 Å². The van der Waals surface area contributed by atoms with E-state index in [1.807, 2.05) is 23.0 Å². The Morgan fingerprint density at radius 2 is 1.75 bits per heavy atom. The Morgan fingerprint density at radius 3 is 2.47 bits per heavy atom. The molecule has 5 aliphatic rings. The highest BCUT2D eigenvalue weighted by Gasteiger charge is 2.78. The zero-order valence-corrected chi connectivity index (χ0v) is 28.6. The molecule has 3 saturated heterocycles. The maximum Gasteiger partial charge on any atom is 0.276 e. The van der Waals surface area contributed by atoms with Gasteiger partial charge < -0.3 is 20.4 Å². The molecule has 8 rings (SSSR count). The Bertz CT molecular complexity index is 1840. The Morgan fingerprint density at radius 1 is 1.00 bits per heavy atom. The average molecular weight is 704 g/mol. The van der Waals surface area contributed by atoms with Crippen LogP contribution in [-0.2, 0) is 22.4 Å². The molecule has 13 nitrogen and oxygen atoms in total. The van der Waals surface area contributed by atoms with E-state index in [2.05, 4.69) is 41.0 Å². The lowest BCUT2D eigenvalue weighted by molar-refractivity contribution is -0.134. The first kappa shape index (κ1) is 33.5. The fraction of sp³-hybridized carbons (Fsp3) is 0.556. The fourth-order valence-corrected chi connectivity index (χ4v) is 8.59. The normalized spacial score (nSPS) is 26.6. The number of alkyl halides is 2. The van der Waals surface area contributed by atoms with E-state index in [0.717, 1.165) is 64.1 Å². The zero-order chi connectivity index (χ0) is 35.5. The van der Waals surface area contributed by atoms with Crippen molar-refractivity contribution in [3.8, 4) is 0 Å². The third-order valence-corrected chi connectivity index (χ3v) is 12.0. The second kappa shape index (κ2) is 12.8. The minimum Gasteiger partial charge on any atom is -0.372 e. The van der Waals surface area contributed by atoms with E-state index in [1.54, 1.807) is 25.3 Å². The fourth-order valence-electron chi connectivity index (χ4n) is 8.59. The number of anilines is 2. The summed E-state index contributed by atoms with van der Waals surface area (Å²) in [7, 11) is 0. The maximum atomic E-state index is 14.3. The summed E-state index contributed by atoms with van der Waals surface area (Å²) >= 11 is 0. The summed E-state index contributed by atoms with van der Waals surface area (Å²) in [4.78, 5) is 54.0. The number of carbonyl (C=O) groups excluding carboxylic acids is 4. The number of H-pyrrole nitrogens is 1. The molecule has 0 bridgehead atoms. The first-order valence-electron chi connectivity index (χ1n) is 18.0. The molecule has 4 amide bonds. The summed E-state index contributed by atoms with van der Waals surface area (Å²) in [5, 5.41) is 19.4. The van der Waals surface area contributed by atoms with Crippen LogP contribution in [0.3, 0.4) is 0 Å². The van der Waals surface area contributed by atoms with Crippen LogP contribution in [0.15, 0.2) is 36.7 Å². The number of imide groups is 1. The lowest BCUT2D eigenvalue weighted by Crippen LogP contribution is -2.52. The molecule has 51 heavy (non-hydrogen) atoms. The first-order valence-corrected chi connectivity index (χ1v) is 18.0. The van der Waals surface area contributed by atoms with Gasteiger partial charge in [0, 0.05) is 85.6 Å². The molecule has 1 unspecified atom stereocenters. The molecule has 270 valence electrons. The van der Waals surface area contributed by atoms with Crippen molar-refractivity contribution in [1.29, 1.82) is 0 Å². The van der Waals surface area contributed by atoms with Crippen LogP contribution in [-0.4, -0.2) is 93.2 Å². The minimum absolute atomic E-state index is 0.154. The molecule has 0 spiro atoms. The summed E-state index contributed by atoms with van der Waals surface area (Å²) in [5.41, 5.74) is 2.49. The Kier molecular flexibility index (Phi) is 8.43. The predicted molar refractivity (Wildman–Crippen MR) is 182 cm³/mol. The van der Waals surface area contributed by atoms with Crippen molar-refractivity contribution in [2.75, 3.05) is 42.9 Å². The van der Waals surface area contributed by atoms with Crippen LogP contribution in [0.4, 0.5) is 20.2 Å². The molecule has 2 aliphatic carbocycles. The number of hydrogen-bond acceptors (Lipinski definition) is 8. The largest absolute Gasteiger partial charge is 0.372 e. The first-order chi connectivity index (χ1) is 24.5. The summed E-state index contributed by atoms with van der Waals surface area (Å²) in [5.74, 6) is -4.36. The lowest BCUT2D eigenvalue weighted by atomic mass is 9.87. The zero-order valence-electron chi connectivity index (χ0n) is 28.6. The van der Waals surface area contributed by atoms with Gasteiger partial charge in [-0.2, -0.15) is 10.2 Å². The van der Waals surface area contributed by atoms with Crippen molar-refractivity contribution in [3.63, 3.8) is 0 Å². The number of aromatic amines is 1. The van der Waals surface area contributed by atoms with Crippen LogP contribution in [0.2, 0.25) is 0 Å². The summed E-state index contributed by atoms with van der Waals surface area (Å²) < 4.78 is 30.6. The summed E-state index contributed by atoms with van der Waals surface area (Å²) in [6.07, 6.45) is 8.43. The van der Waals surface area contributed by atoms with Crippen LogP contribution in [0.5, 0.6) is 0 Å². The van der Waals surface area contributed by atoms with E-state index in [4.69, 9.17) is 0 Å². The lowest BCUT2D eigenvalue weighted by Gasteiger charge is -2.38. The van der Waals surface area contributed by atoms with Gasteiger partial charge in [0.05, 0.1) is 17.9 Å². The number of amides is 4. The number of nitrogens with zero attached hydrogens (tertiary/aromatic N) is 5. The Balaban J connectivity index is 0.767. The number of benzene rings is 1. The molecule has 1 aromatic carbocycles. The van der Waals surface area contributed by atoms with E-state index in [9.17, 15) is 28.0 Å². The van der Waals surface area contributed by atoms with Crippen molar-refractivity contribution >= 4 is 35.0 Å². The Labute approximate surface area is 293 Å². The monoisotopic (exact) mass is 703 g/mol. The molecule has 3 atom stereocenters. The van der Waals surface area contributed by atoms with Crippen LogP contribution in [0.1, 0.15) is 83.6 Å². The van der Waals surface area contributed by atoms with Gasteiger partial charge >= 0.3 is 0 Å². The molecule has 4 N–H and O–H groups in total. The number of rotatable bonds is 8. The number of hydrogen-bond donors (Lipinski definition) is 4. The second-order valence-corrected chi connectivity index (χ2v) is 15.2. The highest BCUT2D eigenvalue weighted by Crippen LogP contribution is 2.70. The molecular formula is C36H43F2N9O4. The van der Waals surface area contributed by atoms with Crippen molar-refractivity contribution in [3.05, 3.63) is 59.2 Å². The Hall–Kier alpha value is -4.66. The van der Waals surface area contributed by atoms with Gasteiger partial charge in [-0.25, -0.2) is 8.78 Å². The maximum absolute atomic E-state index is 14.3. The number of aromatic nitrogens is 4. The van der Waals surface area contributed by atoms with Gasteiger partial charge in [-0.15, -0.1) is 0 Å². The van der Waals surface area contributed by atoms with Gasteiger partial charge in [-0.3, -0.25) is 34.3 Å². The molecule has 5 heterocycles. The van der Waals surface area contributed by atoms with Crippen LogP contribution >= 0.6 is 0 Å². The standard InChI is InChI=1S/C36H43F2N9O4/c1-35-17-28-26(16-29(35)36(35,37)38)31(44-43-28)34(51)40-23-18-39-47(20-23)25-10-12-45(13-11-25)19-21-8-14-46(15-9-21)24-4-2-22(3-5-24)32(49)41-27-6-7-30(48)42-33(27)50/h2-5,18,20-21,25,27,29H,6-17,19H2,1H3,(H,40,51)(H,41,49)(H,43,44)(H,42,48,50)/t27?,29-,35+/m0/s1. The van der Waals surface area contributed by atoms with Crippen molar-refractivity contribution in [2.45, 2.75) is 76.3 Å². The number of carbonyl (C=O) groups is 4. The second-order valence-electron chi connectivity index (χ2n) is 15.2. The topological polar surface area (TPSA) is 157 Å². The number of piperidine rings is 3. The molecule has 15 heteroatoms. The van der Waals surface area contributed by atoms with E-state index in [0.29, 0.717) is 34.8 Å². The van der Waals surface area contributed by atoms with Crippen LogP contribution < -0.4 is 20.9 Å². The van der Waals surface area contributed by atoms with Gasteiger partial charge in [0.1, 0.15) is 6.04 Å². The van der Waals surface area contributed by atoms with Crippen molar-refractivity contribution in [1.82, 2.24) is 35.5 Å². The van der Waals surface area contributed by atoms with E-state index in [1.165, 1.54) is 0 Å². The van der Waals surface area contributed by atoms with Gasteiger partial charge in [0.15, 0.2) is 5.69 Å². The number of halogens is 2. The number of fused-ring (bicyclic) bond motifs is 2. The molecule has 3 aliphatic heterocycles. The van der Waals surface area contributed by atoms with Crippen LogP contribution in [0, 0.1) is 17.3 Å². The van der Waals surface area contributed by atoms with E-state index in [-0.39, 0.29) is 42.8 Å². The average Bonchev–Trinajstić information content (AvgIpc) is 3.54. The SMILES string of the molecule is C[C@@]12Cc3[nH]nc(C(=O)Nc4cnn(C5CCN(CC6CCN(c7ccc(C(=O)NC8CCC(=O)NC8=O)cc7)CC6)CC5)c4)c3C[C@@H]1C2(F)F.